The number of amides is 1. The molecule has 3 heterocycles. The second kappa shape index (κ2) is 9.40. The second-order valence-electron chi connectivity index (χ2n) is 8.92. The fourth-order valence-electron chi connectivity index (χ4n) is 4.25. The largest absolute Gasteiger partial charge is 0.481 e. The molecule has 2 N–H and O–H groups in total. The van der Waals surface area contributed by atoms with Crippen LogP contribution < -0.4 is 5.32 Å². The van der Waals surface area contributed by atoms with Crippen molar-refractivity contribution in [3.8, 4) is 17.9 Å². The van der Waals surface area contributed by atoms with Crippen molar-refractivity contribution in [1.82, 2.24) is 9.78 Å². The van der Waals surface area contributed by atoms with Crippen molar-refractivity contribution < 1.29 is 19.4 Å². The van der Waals surface area contributed by atoms with E-state index < -0.39 is 23.6 Å². The number of carboxylic acid groups (broad SMARTS) is 1. The average molecular weight is 531 g/mol. The molecule has 37 heavy (non-hydrogen) atoms. The van der Waals surface area contributed by atoms with Gasteiger partial charge in [0.15, 0.2) is 0 Å². The summed E-state index contributed by atoms with van der Waals surface area (Å²) in [6.07, 6.45) is 1.63. The molecule has 4 aromatic rings. The number of carbonyl (C=O) groups is 2. The van der Waals surface area contributed by atoms with Crippen molar-refractivity contribution in [2.24, 2.45) is 7.05 Å². The Bertz CT molecular complexity index is 1660. The van der Waals surface area contributed by atoms with Crippen molar-refractivity contribution in [3.05, 3.63) is 68.5 Å². The van der Waals surface area contributed by atoms with E-state index in [9.17, 15) is 20.0 Å². The van der Waals surface area contributed by atoms with E-state index in [0.717, 1.165) is 25.4 Å². The zero-order valence-corrected chi connectivity index (χ0v) is 21.9. The van der Waals surface area contributed by atoms with E-state index in [1.54, 1.807) is 13.2 Å². The molecule has 0 spiro atoms. The number of nitrogens with one attached hydrogen (secondary N) is 1. The molecule has 0 aliphatic heterocycles. The lowest BCUT2D eigenvalue weighted by atomic mass is 10.0. The molecule has 1 amide bonds. The van der Waals surface area contributed by atoms with Gasteiger partial charge in [0.25, 0.3) is 0 Å². The number of aryl methyl sites for hydroxylation is 2. The molecule has 3 aromatic heterocycles. The number of aromatic nitrogens is 2. The number of thiophene rings is 2. The van der Waals surface area contributed by atoms with Crippen LogP contribution in [0.5, 0.6) is 0 Å². The van der Waals surface area contributed by atoms with Gasteiger partial charge in [-0.3, -0.25) is 14.8 Å². The summed E-state index contributed by atoms with van der Waals surface area (Å²) in [6.45, 7) is 3.78. The molecular weight excluding hydrogens is 508 g/mol. The van der Waals surface area contributed by atoms with Crippen molar-refractivity contribution in [2.45, 2.75) is 38.2 Å². The number of ether oxygens (including phenoxy) is 1. The van der Waals surface area contributed by atoms with Crippen LogP contribution in [0.25, 0.3) is 9.40 Å². The minimum absolute atomic E-state index is 0.407. The van der Waals surface area contributed by atoms with E-state index in [0.29, 0.717) is 34.7 Å². The van der Waals surface area contributed by atoms with E-state index >= 15 is 0 Å². The molecule has 1 fully saturated rings. The maximum Gasteiger partial charge on any atom is 0.413 e. The number of anilines is 1. The first-order valence-corrected chi connectivity index (χ1v) is 13.1. The van der Waals surface area contributed by atoms with Gasteiger partial charge in [-0.15, -0.1) is 22.7 Å². The lowest BCUT2D eigenvalue weighted by molar-refractivity contribution is -0.139. The van der Waals surface area contributed by atoms with Crippen LogP contribution in [0, 0.1) is 30.1 Å². The van der Waals surface area contributed by atoms with Crippen LogP contribution >= 0.6 is 22.7 Å². The van der Waals surface area contributed by atoms with Crippen molar-refractivity contribution in [3.63, 3.8) is 0 Å². The SMILES string of the molecule is Cc1ccccc1C(C)OC(=O)Nc1c(C#Cc2cc3sc(C4(C(=O)O)CC4)c(C#N)c3s2)cnn1C. The Labute approximate surface area is 221 Å². The summed E-state index contributed by atoms with van der Waals surface area (Å²) in [5.74, 6) is 5.67. The maximum atomic E-state index is 12.6. The number of benzene rings is 1. The van der Waals surface area contributed by atoms with Gasteiger partial charge in [0.2, 0.25) is 0 Å². The topological polar surface area (TPSA) is 117 Å². The lowest BCUT2D eigenvalue weighted by Gasteiger charge is -2.16. The summed E-state index contributed by atoms with van der Waals surface area (Å²) in [7, 11) is 1.70. The summed E-state index contributed by atoms with van der Waals surface area (Å²) in [5, 5.41) is 26.3. The van der Waals surface area contributed by atoms with Gasteiger partial charge in [-0.05, 0) is 43.9 Å². The minimum Gasteiger partial charge on any atom is -0.481 e. The van der Waals surface area contributed by atoms with Gasteiger partial charge in [-0.1, -0.05) is 36.1 Å². The highest BCUT2D eigenvalue weighted by Crippen LogP contribution is 2.54. The monoisotopic (exact) mass is 530 g/mol. The lowest BCUT2D eigenvalue weighted by Crippen LogP contribution is -2.19. The zero-order valence-electron chi connectivity index (χ0n) is 20.3. The van der Waals surface area contributed by atoms with Gasteiger partial charge in [0, 0.05) is 16.6 Å². The Morgan fingerprint density at radius 2 is 2.03 bits per heavy atom. The van der Waals surface area contributed by atoms with Gasteiger partial charge in [-0.25, -0.2) is 4.79 Å². The van der Waals surface area contributed by atoms with Crippen LogP contribution in [0.2, 0.25) is 0 Å². The number of rotatable bonds is 5. The predicted molar refractivity (Wildman–Crippen MR) is 142 cm³/mol. The van der Waals surface area contributed by atoms with E-state index in [-0.39, 0.29) is 0 Å². The summed E-state index contributed by atoms with van der Waals surface area (Å²) in [4.78, 5) is 25.7. The van der Waals surface area contributed by atoms with Crippen LogP contribution in [0.3, 0.4) is 0 Å². The number of fused-ring (bicyclic) bond motifs is 1. The second-order valence-corrected chi connectivity index (χ2v) is 11.0. The first-order chi connectivity index (χ1) is 17.7. The third-order valence-electron chi connectivity index (χ3n) is 6.46. The van der Waals surface area contributed by atoms with Crippen LogP contribution in [0.1, 0.15) is 57.9 Å². The molecule has 5 rings (SSSR count). The fraction of sp³-hybridized carbons (Fsp3) is 0.259. The Morgan fingerprint density at radius 3 is 2.70 bits per heavy atom. The summed E-state index contributed by atoms with van der Waals surface area (Å²) >= 11 is 2.72. The van der Waals surface area contributed by atoms with E-state index in [2.05, 4.69) is 28.3 Å². The molecular formula is C27H22N4O4S2. The van der Waals surface area contributed by atoms with Gasteiger partial charge in [0.1, 0.15) is 23.4 Å². The van der Waals surface area contributed by atoms with E-state index in [4.69, 9.17) is 4.74 Å². The number of carbonyl (C=O) groups excluding carboxylic acids is 1. The third kappa shape index (κ3) is 4.46. The highest BCUT2D eigenvalue weighted by Gasteiger charge is 2.54. The van der Waals surface area contributed by atoms with Crippen molar-refractivity contribution in [1.29, 1.82) is 5.26 Å². The van der Waals surface area contributed by atoms with Gasteiger partial charge in [0.05, 0.1) is 26.9 Å². The predicted octanol–water partition coefficient (Wildman–Crippen LogP) is 5.70. The molecule has 1 atom stereocenters. The van der Waals surface area contributed by atoms with Crippen LogP contribution in [-0.4, -0.2) is 26.9 Å². The normalized spacial score (nSPS) is 14.3. The first kappa shape index (κ1) is 24.6. The Balaban J connectivity index is 1.36. The summed E-state index contributed by atoms with van der Waals surface area (Å²) in [5.41, 5.74) is 2.00. The molecule has 0 bridgehead atoms. The molecule has 186 valence electrons. The van der Waals surface area contributed by atoms with Gasteiger partial charge >= 0.3 is 12.1 Å². The average Bonchev–Trinajstić information content (AvgIpc) is 3.33. The first-order valence-electron chi connectivity index (χ1n) is 11.5. The number of hydrogen-bond donors (Lipinski definition) is 2. The molecule has 0 radical (unpaired) electrons. The highest BCUT2D eigenvalue weighted by molar-refractivity contribution is 7.28. The standard InChI is InChI=1S/C27H22N4O4S2/c1-15-6-4-5-7-19(15)16(2)35-26(34)30-24-17(14-29-31(24)3)8-9-18-12-21-22(36-18)20(13-28)23(37-21)27(10-11-27)25(32)33/h4-7,12,14,16H,10-11H2,1-3H3,(H,30,34)(H,32,33). The Kier molecular flexibility index (Phi) is 6.24. The smallest absolute Gasteiger partial charge is 0.413 e. The van der Waals surface area contributed by atoms with Gasteiger partial charge in [-0.2, -0.15) is 10.4 Å². The molecule has 1 aliphatic rings. The molecule has 1 aromatic carbocycles. The van der Waals surface area contributed by atoms with Crippen LogP contribution in [-0.2, 0) is 22.0 Å². The highest BCUT2D eigenvalue weighted by atomic mass is 32.1. The van der Waals surface area contributed by atoms with Gasteiger partial charge < -0.3 is 9.84 Å². The number of carboxylic acids is 1. The van der Waals surface area contributed by atoms with Crippen molar-refractivity contribution in [2.75, 3.05) is 5.32 Å². The third-order valence-corrected chi connectivity index (χ3v) is 9.00. The Morgan fingerprint density at radius 1 is 1.27 bits per heavy atom. The molecule has 1 saturated carbocycles. The molecule has 8 nitrogen and oxygen atoms in total. The molecule has 1 aliphatic carbocycles. The molecule has 10 heteroatoms. The zero-order chi connectivity index (χ0) is 26.3. The number of hydrogen-bond acceptors (Lipinski definition) is 7. The van der Waals surface area contributed by atoms with E-state index in [1.165, 1.54) is 27.4 Å². The number of nitriles is 1. The number of aliphatic carboxylic acids is 1. The summed E-state index contributed by atoms with van der Waals surface area (Å²) in [6, 6.07) is 11.8. The fourth-order valence-corrected chi connectivity index (χ4v) is 6.88. The molecule has 0 saturated heterocycles. The number of nitrogens with zero attached hydrogens (tertiary/aromatic N) is 3. The van der Waals surface area contributed by atoms with Crippen LogP contribution in [0.4, 0.5) is 10.6 Å². The van der Waals surface area contributed by atoms with Crippen LogP contribution in [0.15, 0.2) is 36.5 Å². The maximum absolute atomic E-state index is 12.6. The Hall–Kier alpha value is -4.12. The quantitative estimate of drug-likeness (QED) is 0.320. The minimum atomic E-state index is -0.915. The van der Waals surface area contributed by atoms with Crippen molar-refractivity contribution >= 4 is 50.0 Å². The van der Waals surface area contributed by atoms with E-state index in [1.807, 2.05) is 44.2 Å². The molecule has 1 unspecified atom stereocenters. The summed E-state index contributed by atoms with van der Waals surface area (Å²) < 4.78 is 8.70.